The monoisotopic (exact) mass is 497 g/mol. The van der Waals surface area contributed by atoms with Crippen LogP contribution in [-0.2, 0) is 17.9 Å². The first-order chi connectivity index (χ1) is 16.6. The van der Waals surface area contributed by atoms with Crippen molar-refractivity contribution in [2.24, 2.45) is 0 Å². The maximum atomic E-state index is 12.3. The Bertz CT molecular complexity index is 1240. The van der Waals surface area contributed by atoms with Gasteiger partial charge in [-0.2, -0.15) is 0 Å². The van der Waals surface area contributed by atoms with Crippen molar-refractivity contribution in [2.75, 3.05) is 13.2 Å². The number of fused-ring (bicyclic) bond motifs is 1. The average molecular weight is 498 g/mol. The number of carbonyl (C=O) groups is 1. The number of hydrogen-bond donors (Lipinski definition) is 1. The number of amides is 1. The third kappa shape index (κ3) is 6.43. The van der Waals surface area contributed by atoms with Crippen molar-refractivity contribution in [3.05, 3.63) is 88.7 Å². The maximum Gasteiger partial charge on any atom is 0.258 e. The van der Waals surface area contributed by atoms with Crippen LogP contribution in [0.25, 0.3) is 11.0 Å². The summed E-state index contributed by atoms with van der Waals surface area (Å²) >= 11 is 12.0. The summed E-state index contributed by atoms with van der Waals surface area (Å²) in [6.45, 7) is 1.57. The summed E-state index contributed by atoms with van der Waals surface area (Å²) in [7, 11) is 0. The summed E-state index contributed by atoms with van der Waals surface area (Å²) in [6.07, 6.45) is 1.75. The van der Waals surface area contributed by atoms with Gasteiger partial charge in [0.05, 0.1) is 29.2 Å². The van der Waals surface area contributed by atoms with Crippen LogP contribution in [0.5, 0.6) is 11.5 Å². The molecule has 0 fully saturated rings. The Hall–Kier alpha value is -3.22. The molecule has 0 atom stereocenters. The predicted molar refractivity (Wildman–Crippen MR) is 135 cm³/mol. The van der Waals surface area contributed by atoms with Crippen LogP contribution in [0.15, 0.2) is 72.8 Å². The van der Waals surface area contributed by atoms with E-state index in [1.165, 1.54) is 0 Å². The number of hydrogen-bond acceptors (Lipinski definition) is 4. The Labute approximate surface area is 208 Å². The second-order valence-corrected chi connectivity index (χ2v) is 8.52. The van der Waals surface area contributed by atoms with Crippen LogP contribution < -0.4 is 14.8 Å². The number of nitrogens with one attached hydrogen (secondary N) is 1. The number of carbonyl (C=O) groups excluding carboxylic acids is 1. The van der Waals surface area contributed by atoms with Crippen molar-refractivity contribution in [3.8, 4) is 11.5 Å². The molecule has 0 aliphatic carbocycles. The van der Waals surface area contributed by atoms with E-state index in [-0.39, 0.29) is 12.5 Å². The molecule has 0 aliphatic heterocycles. The number of benzene rings is 3. The zero-order valence-corrected chi connectivity index (χ0v) is 20.1. The molecule has 3 aromatic carbocycles. The molecule has 1 aromatic heterocycles. The largest absolute Gasteiger partial charge is 0.492 e. The van der Waals surface area contributed by atoms with E-state index < -0.39 is 0 Å². The number of aryl methyl sites for hydroxylation is 1. The molecule has 1 N–H and O–H groups in total. The van der Waals surface area contributed by atoms with E-state index in [9.17, 15) is 4.79 Å². The molecule has 8 heteroatoms. The average Bonchev–Trinajstić information content (AvgIpc) is 3.20. The number of imidazole rings is 1. The Kier molecular flexibility index (Phi) is 8.28. The Morgan fingerprint density at radius 1 is 0.912 bits per heavy atom. The second kappa shape index (κ2) is 11.8. The lowest BCUT2D eigenvalue weighted by Crippen LogP contribution is -2.29. The summed E-state index contributed by atoms with van der Waals surface area (Å²) in [5.41, 5.74) is 1.94. The minimum Gasteiger partial charge on any atom is -0.492 e. The van der Waals surface area contributed by atoms with Gasteiger partial charge in [-0.25, -0.2) is 4.98 Å². The fourth-order valence-electron chi connectivity index (χ4n) is 3.53. The third-order valence-corrected chi connectivity index (χ3v) is 5.80. The lowest BCUT2D eigenvalue weighted by molar-refractivity contribution is -0.123. The molecule has 34 heavy (non-hydrogen) atoms. The summed E-state index contributed by atoms with van der Waals surface area (Å²) in [5.74, 6) is 1.86. The normalized spacial score (nSPS) is 10.9. The summed E-state index contributed by atoms with van der Waals surface area (Å²) in [5, 5.41) is 4.13. The van der Waals surface area contributed by atoms with Crippen LogP contribution in [-0.4, -0.2) is 28.7 Å². The molecular weight excluding hydrogens is 473 g/mol. The SMILES string of the molecule is O=C(COc1ccc(Cl)cc1)NCc1nc2ccccc2n1CCCCOc1ccccc1Cl. The summed E-state index contributed by atoms with van der Waals surface area (Å²) < 4.78 is 13.4. The minimum atomic E-state index is -0.221. The van der Waals surface area contributed by atoms with Gasteiger partial charge in [0, 0.05) is 11.6 Å². The lowest BCUT2D eigenvalue weighted by Gasteiger charge is -2.12. The maximum absolute atomic E-state index is 12.3. The number of nitrogens with zero attached hydrogens (tertiary/aromatic N) is 2. The lowest BCUT2D eigenvalue weighted by atomic mass is 10.3. The van der Waals surface area contributed by atoms with Crippen molar-refractivity contribution in [1.82, 2.24) is 14.9 Å². The number of halogens is 2. The van der Waals surface area contributed by atoms with E-state index in [2.05, 4.69) is 9.88 Å². The highest BCUT2D eigenvalue weighted by molar-refractivity contribution is 6.32. The topological polar surface area (TPSA) is 65.4 Å². The predicted octanol–water partition coefficient (Wildman–Crippen LogP) is 5.90. The number of rotatable bonds is 11. The number of para-hydroxylation sites is 3. The molecule has 0 spiro atoms. The molecule has 0 bridgehead atoms. The highest BCUT2D eigenvalue weighted by Gasteiger charge is 2.12. The zero-order valence-electron chi connectivity index (χ0n) is 18.5. The van der Waals surface area contributed by atoms with E-state index in [1.807, 2.05) is 48.5 Å². The molecule has 176 valence electrons. The van der Waals surface area contributed by atoms with Gasteiger partial charge in [0.2, 0.25) is 0 Å². The molecule has 0 aliphatic rings. The van der Waals surface area contributed by atoms with E-state index >= 15 is 0 Å². The van der Waals surface area contributed by atoms with Gasteiger partial charge in [-0.15, -0.1) is 0 Å². The van der Waals surface area contributed by atoms with Gasteiger partial charge < -0.3 is 19.4 Å². The minimum absolute atomic E-state index is 0.0821. The van der Waals surface area contributed by atoms with Gasteiger partial charge in [0.25, 0.3) is 5.91 Å². The standard InChI is InChI=1S/C26H25Cl2N3O3/c27-19-11-13-20(14-12-19)34-18-26(32)29-17-25-30-22-8-2-3-9-23(22)31(25)15-5-6-16-33-24-10-4-1-7-21(24)28/h1-4,7-14H,5-6,15-18H2,(H,29,32). The van der Waals surface area contributed by atoms with Crippen LogP contribution in [0.2, 0.25) is 10.0 Å². The van der Waals surface area contributed by atoms with Gasteiger partial charge in [-0.05, 0) is 61.4 Å². The number of aromatic nitrogens is 2. The van der Waals surface area contributed by atoms with Crippen molar-refractivity contribution in [1.29, 1.82) is 0 Å². The molecule has 0 radical (unpaired) electrons. The Morgan fingerprint density at radius 3 is 2.50 bits per heavy atom. The van der Waals surface area contributed by atoms with Gasteiger partial charge in [-0.3, -0.25) is 4.79 Å². The van der Waals surface area contributed by atoms with Gasteiger partial charge in [-0.1, -0.05) is 47.5 Å². The van der Waals surface area contributed by atoms with Gasteiger partial charge >= 0.3 is 0 Å². The number of ether oxygens (including phenoxy) is 2. The molecular formula is C26H25Cl2N3O3. The zero-order chi connectivity index (χ0) is 23.8. The Morgan fingerprint density at radius 2 is 1.68 bits per heavy atom. The van der Waals surface area contributed by atoms with Crippen LogP contribution in [0.1, 0.15) is 18.7 Å². The third-order valence-electron chi connectivity index (χ3n) is 5.23. The molecule has 4 rings (SSSR count). The molecule has 0 saturated heterocycles. The van der Waals surface area contributed by atoms with Crippen LogP contribution in [0.4, 0.5) is 0 Å². The fraction of sp³-hybridized carbons (Fsp3) is 0.231. The first-order valence-corrected chi connectivity index (χ1v) is 11.8. The summed E-state index contributed by atoms with van der Waals surface area (Å²) in [4.78, 5) is 17.0. The number of unbranched alkanes of at least 4 members (excludes halogenated alkanes) is 1. The second-order valence-electron chi connectivity index (χ2n) is 7.67. The molecule has 4 aromatic rings. The molecule has 0 unspecified atom stereocenters. The first kappa shape index (κ1) is 23.9. The van der Waals surface area contributed by atoms with Crippen molar-refractivity contribution in [3.63, 3.8) is 0 Å². The van der Waals surface area contributed by atoms with E-state index in [4.69, 9.17) is 37.7 Å². The van der Waals surface area contributed by atoms with E-state index in [1.54, 1.807) is 24.3 Å². The quantitative estimate of drug-likeness (QED) is 0.262. The van der Waals surface area contributed by atoms with Crippen LogP contribution >= 0.6 is 23.2 Å². The molecule has 1 amide bonds. The molecule has 0 saturated carbocycles. The van der Waals surface area contributed by atoms with Crippen LogP contribution in [0, 0.1) is 0 Å². The van der Waals surface area contributed by atoms with Crippen molar-refractivity contribution < 1.29 is 14.3 Å². The van der Waals surface area contributed by atoms with Crippen molar-refractivity contribution in [2.45, 2.75) is 25.9 Å². The molecule has 1 heterocycles. The van der Waals surface area contributed by atoms with E-state index in [0.717, 1.165) is 36.2 Å². The van der Waals surface area contributed by atoms with Crippen molar-refractivity contribution >= 4 is 40.1 Å². The highest BCUT2D eigenvalue weighted by atomic mass is 35.5. The fourth-order valence-corrected chi connectivity index (χ4v) is 3.85. The summed E-state index contributed by atoms with van der Waals surface area (Å²) in [6, 6.07) is 22.3. The first-order valence-electron chi connectivity index (χ1n) is 11.1. The van der Waals surface area contributed by atoms with Gasteiger partial charge in [0.1, 0.15) is 17.3 Å². The van der Waals surface area contributed by atoms with Crippen LogP contribution in [0.3, 0.4) is 0 Å². The Balaban J connectivity index is 1.31. The van der Waals surface area contributed by atoms with E-state index in [0.29, 0.717) is 34.7 Å². The molecule has 6 nitrogen and oxygen atoms in total. The highest BCUT2D eigenvalue weighted by Crippen LogP contribution is 2.23. The smallest absolute Gasteiger partial charge is 0.258 e. The van der Waals surface area contributed by atoms with Gasteiger partial charge in [0.15, 0.2) is 6.61 Å².